The lowest BCUT2D eigenvalue weighted by Gasteiger charge is -2.22. The van der Waals surface area contributed by atoms with Crippen LogP contribution in [-0.4, -0.2) is 25.2 Å². The summed E-state index contributed by atoms with van der Waals surface area (Å²) in [4.78, 5) is 12.7. The second-order valence-corrected chi connectivity index (χ2v) is 9.03. The summed E-state index contributed by atoms with van der Waals surface area (Å²) in [6.45, 7) is -0.315. The standard InChI is InChI=1S/C21H18Cl2N2O3S/c22-17-11-12-20(19(23)13-17)24-21(26)15-25(14-16-7-3-1-4-8-16)29(27,28)18-9-5-2-6-10-18/h1-13H,14-15H2,(H,24,26). The maximum Gasteiger partial charge on any atom is 0.243 e. The van der Waals surface area contributed by atoms with Crippen LogP contribution in [0.1, 0.15) is 5.56 Å². The minimum atomic E-state index is -3.89. The SMILES string of the molecule is O=C(CN(Cc1ccccc1)S(=O)(=O)c1ccccc1)Nc1ccc(Cl)cc1Cl. The zero-order valence-electron chi connectivity index (χ0n) is 15.3. The van der Waals surface area contributed by atoms with Crippen molar-refractivity contribution in [1.82, 2.24) is 4.31 Å². The summed E-state index contributed by atoms with van der Waals surface area (Å²) in [5, 5.41) is 3.35. The third-order valence-corrected chi connectivity index (χ3v) is 6.46. The van der Waals surface area contributed by atoms with Crippen LogP contribution in [0, 0.1) is 0 Å². The van der Waals surface area contributed by atoms with Gasteiger partial charge in [0.15, 0.2) is 0 Å². The monoisotopic (exact) mass is 448 g/mol. The topological polar surface area (TPSA) is 66.5 Å². The van der Waals surface area contributed by atoms with E-state index in [-0.39, 0.29) is 23.0 Å². The number of benzene rings is 3. The second kappa shape index (κ2) is 9.41. The van der Waals surface area contributed by atoms with Gasteiger partial charge in [0.25, 0.3) is 0 Å². The first-order valence-corrected chi connectivity index (χ1v) is 10.9. The van der Waals surface area contributed by atoms with Crippen molar-refractivity contribution in [3.05, 3.63) is 94.5 Å². The van der Waals surface area contributed by atoms with Gasteiger partial charge in [0.05, 0.1) is 22.2 Å². The van der Waals surface area contributed by atoms with Crippen LogP contribution in [0.4, 0.5) is 5.69 Å². The van der Waals surface area contributed by atoms with Gasteiger partial charge in [-0.25, -0.2) is 8.42 Å². The van der Waals surface area contributed by atoms with Crippen molar-refractivity contribution in [3.8, 4) is 0 Å². The molecule has 29 heavy (non-hydrogen) atoms. The van der Waals surface area contributed by atoms with Gasteiger partial charge in [-0.3, -0.25) is 4.79 Å². The third kappa shape index (κ3) is 5.58. The minimum absolute atomic E-state index is 0.0554. The van der Waals surface area contributed by atoms with Gasteiger partial charge in [-0.2, -0.15) is 4.31 Å². The molecule has 1 N–H and O–H groups in total. The van der Waals surface area contributed by atoms with E-state index in [1.807, 2.05) is 30.3 Å². The Hall–Kier alpha value is -2.38. The normalized spacial score (nSPS) is 11.4. The molecule has 0 saturated heterocycles. The summed E-state index contributed by atoms with van der Waals surface area (Å²) < 4.78 is 27.4. The Balaban J connectivity index is 1.85. The first kappa shape index (κ1) is 21.3. The van der Waals surface area contributed by atoms with Gasteiger partial charge in [-0.15, -0.1) is 0 Å². The Morgan fingerprint density at radius 3 is 2.14 bits per heavy atom. The van der Waals surface area contributed by atoms with E-state index in [0.717, 1.165) is 9.87 Å². The summed E-state index contributed by atoms with van der Waals surface area (Å²) in [6, 6.07) is 21.8. The molecule has 8 heteroatoms. The van der Waals surface area contributed by atoms with E-state index in [1.54, 1.807) is 30.3 Å². The molecule has 3 rings (SSSR count). The van der Waals surface area contributed by atoms with E-state index in [2.05, 4.69) is 5.32 Å². The van der Waals surface area contributed by atoms with E-state index in [9.17, 15) is 13.2 Å². The zero-order chi connectivity index (χ0) is 20.9. The quantitative estimate of drug-likeness (QED) is 0.562. The average molecular weight is 449 g/mol. The van der Waals surface area contributed by atoms with E-state index < -0.39 is 15.9 Å². The highest BCUT2D eigenvalue weighted by Crippen LogP contribution is 2.25. The molecule has 0 aliphatic heterocycles. The van der Waals surface area contributed by atoms with Gasteiger partial charge < -0.3 is 5.32 Å². The molecular weight excluding hydrogens is 431 g/mol. The van der Waals surface area contributed by atoms with Crippen molar-refractivity contribution >= 4 is 44.8 Å². The lowest BCUT2D eigenvalue weighted by Crippen LogP contribution is -2.37. The molecule has 0 spiro atoms. The number of rotatable bonds is 7. The highest BCUT2D eigenvalue weighted by Gasteiger charge is 2.27. The van der Waals surface area contributed by atoms with Crippen LogP contribution in [-0.2, 0) is 21.4 Å². The highest BCUT2D eigenvalue weighted by molar-refractivity contribution is 7.89. The molecule has 3 aromatic rings. The van der Waals surface area contributed by atoms with Crippen molar-refractivity contribution < 1.29 is 13.2 Å². The van der Waals surface area contributed by atoms with Crippen LogP contribution >= 0.6 is 23.2 Å². The largest absolute Gasteiger partial charge is 0.324 e. The number of halogens is 2. The van der Waals surface area contributed by atoms with E-state index in [1.165, 1.54) is 18.2 Å². The maximum absolute atomic E-state index is 13.1. The molecule has 5 nitrogen and oxygen atoms in total. The molecule has 0 unspecified atom stereocenters. The van der Waals surface area contributed by atoms with Crippen LogP contribution in [0.25, 0.3) is 0 Å². The molecule has 0 heterocycles. The fraction of sp³-hybridized carbons (Fsp3) is 0.0952. The highest BCUT2D eigenvalue weighted by atomic mass is 35.5. The number of carbonyl (C=O) groups excluding carboxylic acids is 1. The number of nitrogens with one attached hydrogen (secondary N) is 1. The van der Waals surface area contributed by atoms with Crippen molar-refractivity contribution in [3.63, 3.8) is 0 Å². The molecular formula is C21H18Cl2N2O3S. The molecule has 0 fully saturated rings. The molecule has 3 aromatic carbocycles. The predicted molar refractivity (Wildman–Crippen MR) is 116 cm³/mol. The maximum atomic E-state index is 13.1. The van der Waals surface area contributed by atoms with Gasteiger partial charge in [0.2, 0.25) is 15.9 Å². The van der Waals surface area contributed by atoms with Gasteiger partial charge >= 0.3 is 0 Å². The van der Waals surface area contributed by atoms with E-state index in [4.69, 9.17) is 23.2 Å². The smallest absolute Gasteiger partial charge is 0.243 e. The van der Waals surface area contributed by atoms with E-state index >= 15 is 0 Å². The number of nitrogens with zero attached hydrogens (tertiary/aromatic N) is 1. The summed E-state index contributed by atoms with van der Waals surface area (Å²) in [6.07, 6.45) is 0. The van der Waals surface area contributed by atoms with Crippen LogP contribution in [0.15, 0.2) is 83.8 Å². The van der Waals surface area contributed by atoms with Gasteiger partial charge in [-0.05, 0) is 35.9 Å². The number of hydrogen-bond acceptors (Lipinski definition) is 3. The number of carbonyl (C=O) groups is 1. The molecule has 0 bridgehead atoms. The van der Waals surface area contributed by atoms with Gasteiger partial charge in [0.1, 0.15) is 0 Å². The third-order valence-electron chi connectivity index (χ3n) is 4.11. The second-order valence-electron chi connectivity index (χ2n) is 6.24. The predicted octanol–water partition coefficient (Wildman–Crippen LogP) is 4.82. The lowest BCUT2D eigenvalue weighted by molar-refractivity contribution is -0.116. The van der Waals surface area contributed by atoms with E-state index in [0.29, 0.717) is 10.7 Å². The van der Waals surface area contributed by atoms with Crippen molar-refractivity contribution in [2.45, 2.75) is 11.4 Å². The van der Waals surface area contributed by atoms with Crippen LogP contribution < -0.4 is 5.32 Å². The van der Waals surface area contributed by atoms with Crippen molar-refractivity contribution in [1.29, 1.82) is 0 Å². The Labute approximate surface area is 179 Å². The Morgan fingerprint density at radius 2 is 1.52 bits per heavy atom. The Bertz CT molecular complexity index is 1090. The number of hydrogen-bond donors (Lipinski definition) is 1. The summed E-state index contributed by atoms with van der Waals surface area (Å²) in [5.74, 6) is -0.510. The number of amides is 1. The molecule has 0 aromatic heterocycles. The van der Waals surface area contributed by atoms with Gasteiger partial charge in [0, 0.05) is 11.6 Å². The summed E-state index contributed by atoms with van der Waals surface area (Å²) in [7, 11) is -3.89. The first-order valence-electron chi connectivity index (χ1n) is 8.70. The molecule has 150 valence electrons. The zero-order valence-corrected chi connectivity index (χ0v) is 17.6. The Morgan fingerprint density at radius 1 is 0.897 bits per heavy atom. The molecule has 0 saturated carbocycles. The molecule has 0 aliphatic rings. The van der Waals surface area contributed by atoms with Crippen molar-refractivity contribution in [2.75, 3.05) is 11.9 Å². The fourth-order valence-corrected chi connectivity index (χ4v) is 4.56. The lowest BCUT2D eigenvalue weighted by atomic mass is 10.2. The van der Waals surface area contributed by atoms with Gasteiger partial charge in [-0.1, -0.05) is 71.7 Å². The fourth-order valence-electron chi connectivity index (χ4n) is 2.70. The minimum Gasteiger partial charge on any atom is -0.324 e. The summed E-state index contributed by atoms with van der Waals surface area (Å²) >= 11 is 12.0. The molecule has 0 aliphatic carbocycles. The Kier molecular flexibility index (Phi) is 6.92. The average Bonchev–Trinajstić information content (AvgIpc) is 2.71. The van der Waals surface area contributed by atoms with Crippen molar-refractivity contribution in [2.24, 2.45) is 0 Å². The summed E-state index contributed by atoms with van der Waals surface area (Å²) in [5.41, 5.74) is 1.13. The first-order chi connectivity index (χ1) is 13.9. The van der Waals surface area contributed by atoms with Crippen LogP contribution in [0.5, 0.6) is 0 Å². The molecule has 0 atom stereocenters. The van der Waals surface area contributed by atoms with Crippen LogP contribution in [0.2, 0.25) is 10.0 Å². The number of sulfonamides is 1. The molecule has 0 radical (unpaired) electrons. The molecule has 1 amide bonds. The number of anilines is 1. The van der Waals surface area contributed by atoms with Crippen LogP contribution in [0.3, 0.4) is 0 Å².